The van der Waals surface area contributed by atoms with Crippen molar-refractivity contribution in [2.24, 2.45) is 0 Å². The van der Waals surface area contributed by atoms with E-state index in [4.69, 9.17) is 5.26 Å². The smallest absolute Gasteiger partial charge is 0.279 e. The van der Waals surface area contributed by atoms with Crippen molar-refractivity contribution in [3.05, 3.63) is 48.5 Å². The zero-order valence-electron chi connectivity index (χ0n) is 15.0. The average Bonchev–Trinajstić information content (AvgIpc) is 2.68. The number of piperazine rings is 1. The molecule has 2 aromatic carbocycles. The summed E-state index contributed by atoms with van der Waals surface area (Å²) in [4.78, 5) is 16.9. The Kier molecular flexibility index (Phi) is 6.58. The summed E-state index contributed by atoms with van der Waals surface area (Å²) in [6, 6.07) is 16.9. The van der Waals surface area contributed by atoms with Crippen molar-refractivity contribution < 1.29 is 14.8 Å². The lowest BCUT2D eigenvalue weighted by Crippen LogP contribution is -3.15. The Bertz CT molecular complexity index is 811. The van der Waals surface area contributed by atoms with Gasteiger partial charge in [-0.05, 0) is 36.4 Å². The third kappa shape index (κ3) is 5.39. The summed E-state index contributed by atoms with van der Waals surface area (Å²) in [5.74, 6) is 0.623. The van der Waals surface area contributed by atoms with Crippen LogP contribution in [0.3, 0.4) is 0 Å². The number of hydrogen-bond donors (Lipinski definition) is 3. The van der Waals surface area contributed by atoms with Crippen LogP contribution in [0.5, 0.6) is 5.75 Å². The number of nitrogens with one attached hydrogen (secondary N) is 2. The van der Waals surface area contributed by atoms with Crippen LogP contribution in [0.1, 0.15) is 0 Å². The fraction of sp³-hybridized carbons (Fsp3) is 0.300. The summed E-state index contributed by atoms with van der Waals surface area (Å²) in [6.07, 6.45) is 0. The summed E-state index contributed by atoms with van der Waals surface area (Å²) in [7, 11) is 0. The lowest BCUT2D eigenvalue weighted by molar-refractivity contribution is -0.892. The Balaban J connectivity index is 1.50. The number of quaternary nitrogens is 1. The van der Waals surface area contributed by atoms with E-state index in [1.54, 1.807) is 12.1 Å². The number of thioether (sulfide) groups is 1. The minimum absolute atomic E-state index is 0.00640. The molecule has 0 aromatic heterocycles. The van der Waals surface area contributed by atoms with Crippen LogP contribution in [0.15, 0.2) is 53.4 Å². The van der Waals surface area contributed by atoms with Gasteiger partial charge in [0.15, 0.2) is 6.54 Å². The quantitative estimate of drug-likeness (QED) is 0.656. The summed E-state index contributed by atoms with van der Waals surface area (Å²) < 4.78 is 0. The van der Waals surface area contributed by atoms with Crippen LogP contribution in [0.4, 0.5) is 11.4 Å². The van der Waals surface area contributed by atoms with Crippen LogP contribution in [0, 0.1) is 11.3 Å². The number of para-hydroxylation sites is 1. The van der Waals surface area contributed by atoms with E-state index in [1.807, 2.05) is 36.4 Å². The van der Waals surface area contributed by atoms with Gasteiger partial charge in [-0.2, -0.15) is 5.26 Å². The molecule has 0 spiro atoms. The van der Waals surface area contributed by atoms with Crippen LogP contribution in [-0.2, 0) is 4.79 Å². The van der Waals surface area contributed by atoms with Crippen LogP contribution in [0.25, 0.3) is 0 Å². The molecule has 2 aromatic rings. The molecule has 0 unspecified atom stereocenters. The average molecular weight is 383 g/mol. The molecule has 140 valence electrons. The third-order valence-electron chi connectivity index (χ3n) is 4.55. The molecular weight excluding hydrogens is 360 g/mol. The van der Waals surface area contributed by atoms with Crippen LogP contribution < -0.4 is 15.1 Å². The maximum absolute atomic E-state index is 12.4. The number of nitriles is 1. The number of phenolic OH excluding ortho intramolecular Hbond substituents is 1. The van der Waals surface area contributed by atoms with Crippen LogP contribution in [0.2, 0.25) is 0 Å². The first kappa shape index (κ1) is 19.1. The summed E-state index contributed by atoms with van der Waals surface area (Å²) in [5, 5.41) is 21.1. The maximum Gasteiger partial charge on any atom is 0.279 e. The van der Waals surface area contributed by atoms with Gasteiger partial charge in [0.25, 0.3) is 5.91 Å². The largest absolute Gasteiger partial charge is 0.508 e. The fourth-order valence-corrected chi connectivity index (χ4v) is 3.82. The standard InChI is InChI=1S/C20H22N4O2S/c21-9-14-27-19-4-2-1-3-18(19)22-20(26)15-23-10-12-24(13-11-23)16-5-7-17(25)8-6-16/h1-8,25H,10-15H2,(H,22,26)/p+1. The number of rotatable bonds is 6. The highest BCUT2D eigenvalue weighted by Gasteiger charge is 2.22. The number of phenols is 1. The predicted octanol–water partition coefficient (Wildman–Crippen LogP) is 1.35. The zero-order chi connectivity index (χ0) is 19.1. The van der Waals surface area contributed by atoms with E-state index in [0.717, 1.165) is 42.4 Å². The highest BCUT2D eigenvalue weighted by molar-refractivity contribution is 7.99. The number of nitrogens with zero attached hydrogens (tertiary/aromatic N) is 2. The summed E-state index contributed by atoms with van der Waals surface area (Å²) in [5.41, 5.74) is 1.87. The van der Waals surface area contributed by atoms with Gasteiger partial charge >= 0.3 is 0 Å². The Morgan fingerprint density at radius 3 is 2.59 bits per heavy atom. The number of benzene rings is 2. The van der Waals surface area contributed by atoms with E-state index in [-0.39, 0.29) is 11.7 Å². The molecule has 3 rings (SSSR count). The van der Waals surface area contributed by atoms with Gasteiger partial charge in [0, 0.05) is 10.6 Å². The molecule has 0 atom stereocenters. The molecule has 0 bridgehead atoms. The SMILES string of the molecule is N#CCSc1ccccc1NC(=O)C[NH+]1CCN(c2ccc(O)cc2)CC1. The lowest BCUT2D eigenvalue weighted by Gasteiger charge is -2.33. The Hall–Kier alpha value is -2.69. The minimum atomic E-state index is -0.00640. The van der Waals surface area contributed by atoms with Gasteiger partial charge < -0.3 is 20.2 Å². The van der Waals surface area contributed by atoms with E-state index >= 15 is 0 Å². The second-order valence-electron chi connectivity index (χ2n) is 6.42. The Morgan fingerprint density at radius 1 is 1.19 bits per heavy atom. The molecule has 0 saturated carbocycles. The van der Waals surface area contributed by atoms with Gasteiger partial charge in [-0.3, -0.25) is 4.79 Å². The number of carbonyl (C=O) groups is 1. The van der Waals surface area contributed by atoms with Gasteiger partial charge in [0.2, 0.25) is 0 Å². The molecule has 6 nitrogen and oxygen atoms in total. The van der Waals surface area contributed by atoms with E-state index in [2.05, 4.69) is 16.3 Å². The van der Waals surface area contributed by atoms with Gasteiger partial charge in [0.1, 0.15) is 5.75 Å². The summed E-state index contributed by atoms with van der Waals surface area (Å²) >= 11 is 1.43. The molecule has 27 heavy (non-hydrogen) atoms. The maximum atomic E-state index is 12.4. The molecule has 7 heteroatoms. The highest BCUT2D eigenvalue weighted by atomic mass is 32.2. The summed E-state index contributed by atoms with van der Waals surface area (Å²) in [6.45, 7) is 3.96. The van der Waals surface area contributed by atoms with E-state index in [1.165, 1.54) is 16.7 Å². The molecule has 0 aliphatic carbocycles. The molecule has 1 heterocycles. The highest BCUT2D eigenvalue weighted by Crippen LogP contribution is 2.26. The van der Waals surface area contributed by atoms with Gasteiger partial charge in [-0.15, -0.1) is 11.8 Å². The van der Waals surface area contributed by atoms with E-state index in [9.17, 15) is 9.90 Å². The molecule has 1 fully saturated rings. The first-order valence-electron chi connectivity index (χ1n) is 8.92. The molecule has 1 saturated heterocycles. The van der Waals surface area contributed by atoms with Crippen molar-refractivity contribution in [1.29, 1.82) is 5.26 Å². The molecule has 3 N–H and O–H groups in total. The molecule has 1 aliphatic rings. The van der Waals surface area contributed by atoms with Crippen molar-refractivity contribution in [2.45, 2.75) is 4.90 Å². The van der Waals surface area contributed by atoms with Crippen LogP contribution >= 0.6 is 11.8 Å². The number of amides is 1. The normalized spacial score (nSPS) is 14.6. The number of aromatic hydroxyl groups is 1. The van der Waals surface area contributed by atoms with Crippen molar-refractivity contribution >= 4 is 29.0 Å². The molecule has 1 aliphatic heterocycles. The first-order valence-corrected chi connectivity index (χ1v) is 9.90. The Labute approximate surface area is 163 Å². The van der Waals surface area contributed by atoms with Crippen molar-refractivity contribution in [2.75, 3.05) is 48.7 Å². The van der Waals surface area contributed by atoms with Crippen molar-refractivity contribution in [1.82, 2.24) is 0 Å². The van der Waals surface area contributed by atoms with Gasteiger partial charge in [-0.25, -0.2) is 0 Å². The molecule has 0 radical (unpaired) electrons. The second-order valence-corrected chi connectivity index (χ2v) is 7.44. The third-order valence-corrected chi connectivity index (χ3v) is 5.49. The number of anilines is 2. The number of hydrogen-bond acceptors (Lipinski definition) is 5. The first-order chi connectivity index (χ1) is 13.2. The monoisotopic (exact) mass is 383 g/mol. The minimum Gasteiger partial charge on any atom is -0.508 e. The van der Waals surface area contributed by atoms with Gasteiger partial charge in [-0.1, -0.05) is 12.1 Å². The Morgan fingerprint density at radius 2 is 1.89 bits per heavy atom. The van der Waals surface area contributed by atoms with Crippen molar-refractivity contribution in [3.63, 3.8) is 0 Å². The molecule has 1 amide bonds. The predicted molar refractivity (Wildman–Crippen MR) is 107 cm³/mol. The van der Waals surface area contributed by atoms with E-state index < -0.39 is 0 Å². The van der Waals surface area contributed by atoms with Crippen LogP contribution in [-0.4, -0.2) is 49.5 Å². The van der Waals surface area contributed by atoms with E-state index in [0.29, 0.717) is 12.3 Å². The lowest BCUT2D eigenvalue weighted by atomic mass is 10.2. The molecular formula is C20H23N4O2S+. The van der Waals surface area contributed by atoms with Gasteiger partial charge in [0.05, 0.1) is 43.7 Å². The second kappa shape index (κ2) is 9.31. The number of carbonyl (C=O) groups excluding carboxylic acids is 1. The van der Waals surface area contributed by atoms with Crippen molar-refractivity contribution in [3.8, 4) is 11.8 Å². The topological polar surface area (TPSA) is 80.8 Å². The fourth-order valence-electron chi connectivity index (χ4n) is 3.15. The zero-order valence-corrected chi connectivity index (χ0v) is 15.8.